The molecule has 3 heteroatoms. The summed E-state index contributed by atoms with van der Waals surface area (Å²) in [6.07, 6.45) is -0.234. The lowest BCUT2D eigenvalue weighted by atomic mass is 9.86. The van der Waals surface area contributed by atoms with Gasteiger partial charge in [-0.2, -0.15) is 0 Å². The third-order valence-corrected chi connectivity index (χ3v) is 3.80. The fourth-order valence-electron chi connectivity index (χ4n) is 2.47. The molecule has 0 aliphatic carbocycles. The Hall–Kier alpha value is -1.68. The highest BCUT2D eigenvalue weighted by Crippen LogP contribution is 2.29. The molecular weight excluding hydrogens is 260 g/mol. The van der Waals surface area contributed by atoms with Crippen LogP contribution in [0, 0.1) is 0 Å². The van der Waals surface area contributed by atoms with E-state index in [1.54, 1.807) is 0 Å². The van der Waals surface area contributed by atoms with E-state index in [0.717, 1.165) is 11.1 Å². The molecule has 2 unspecified atom stereocenters. The van der Waals surface area contributed by atoms with Crippen LogP contribution >= 0.6 is 0 Å². The molecule has 3 rings (SSSR count). The van der Waals surface area contributed by atoms with E-state index in [1.165, 1.54) is 5.56 Å². The van der Waals surface area contributed by atoms with Gasteiger partial charge in [0.25, 0.3) is 0 Å². The van der Waals surface area contributed by atoms with Gasteiger partial charge in [-0.3, -0.25) is 0 Å². The van der Waals surface area contributed by atoms with Crippen molar-refractivity contribution in [2.24, 2.45) is 0 Å². The maximum atomic E-state index is 6.04. The maximum Gasteiger partial charge on any atom is 0.149 e. The minimum Gasteiger partial charge on any atom is -0.334 e. The highest BCUT2D eigenvalue weighted by atomic mass is 16.5. The summed E-state index contributed by atoms with van der Waals surface area (Å²) >= 11 is 0. The first-order valence-corrected chi connectivity index (χ1v) is 7.36. The van der Waals surface area contributed by atoms with Crippen LogP contribution in [-0.2, 0) is 10.2 Å². The summed E-state index contributed by atoms with van der Waals surface area (Å²) in [5, 5.41) is 0. The second kappa shape index (κ2) is 5.60. The number of hydrogen-bond donors (Lipinski definition) is 2. The van der Waals surface area contributed by atoms with Crippen molar-refractivity contribution in [3.63, 3.8) is 0 Å². The number of rotatable bonds is 2. The quantitative estimate of drug-likeness (QED) is 0.879. The molecule has 0 amide bonds. The molecule has 2 aromatic rings. The van der Waals surface area contributed by atoms with E-state index in [1.807, 2.05) is 18.2 Å². The summed E-state index contributed by atoms with van der Waals surface area (Å²) in [6.45, 7) is 6.66. The topological polar surface area (TPSA) is 33.3 Å². The van der Waals surface area contributed by atoms with Crippen molar-refractivity contribution >= 4 is 0 Å². The van der Waals surface area contributed by atoms with Crippen molar-refractivity contribution in [3.8, 4) is 0 Å². The molecule has 0 aromatic heterocycles. The van der Waals surface area contributed by atoms with Crippen molar-refractivity contribution < 1.29 is 4.74 Å². The van der Waals surface area contributed by atoms with Gasteiger partial charge >= 0.3 is 0 Å². The van der Waals surface area contributed by atoms with Gasteiger partial charge in [0, 0.05) is 0 Å². The van der Waals surface area contributed by atoms with Crippen molar-refractivity contribution in [1.82, 2.24) is 10.9 Å². The van der Waals surface area contributed by atoms with Gasteiger partial charge in [0.1, 0.15) is 12.5 Å². The predicted molar refractivity (Wildman–Crippen MR) is 84.4 cm³/mol. The van der Waals surface area contributed by atoms with Gasteiger partial charge in [-0.05, 0) is 22.1 Å². The Bertz CT molecular complexity index is 587. The third-order valence-electron chi connectivity index (χ3n) is 3.80. The molecule has 0 radical (unpaired) electrons. The lowest BCUT2D eigenvalue weighted by Gasteiger charge is -2.20. The Morgan fingerprint density at radius 2 is 1.29 bits per heavy atom. The van der Waals surface area contributed by atoms with E-state index in [9.17, 15) is 0 Å². The second-order valence-electron chi connectivity index (χ2n) is 6.47. The zero-order valence-electron chi connectivity index (χ0n) is 12.8. The second-order valence-corrected chi connectivity index (χ2v) is 6.47. The number of benzene rings is 2. The molecule has 3 nitrogen and oxygen atoms in total. The van der Waals surface area contributed by atoms with E-state index in [4.69, 9.17) is 4.74 Å². The third kappa shape index (κ3) is 3.16. The monoisotopic (exact) mass is 282 g/mol. The maximum absolute atomic E-state index is 6.04. The van der Waals surface area contributed by atoms with Crippen LogP contribution in [0.2, 0.25) is 0 Å². The Morgan fingerprint density at radius 3 is 1.81 bits per heavy atom. The highest BCUT2D eigenvalue weighted by molar-refractivity contribution is 5.29. The Kier molecular flexibility index (Phi) is 3.81. The summed E-state index contributed by atoms with van der Waals surface area (Å²) < 4.78 is 6.04. The molecule has 1 fully saturated rings. The largest absolute Gasteiger partial charge is 0.334 e. The van der Waals surface area contributed by atoms with Crippen LogP contribution in [0.15, 0.2) is 54.6 Å². The van der Waals surface area contributed by atoms with Crippen molar-refractivity contribution in [2.75, 3.05) is 0 Å². The van der Waals surface area contributed by atoms with E-state index >= 15 is 0 Å². The first kappa shape index (κ1) is 14.3. The van der Waals surface area contributed by atoms with Gasteiger partial charge in [0.15, 0.2) is 0 Å². The summed E-state index contributed by atoms with van der Waals surface area (Å²) in [4.78, 5) is 0. The first-order valence-electron chi connectivity index (χ1n) is 7.36. The van der Waals surface area contributed by atoms with Crippen LogP contribution in [0.1, 0.15) is 49.9 Å². The lowest BCUT2D eigenvalue weighted by molar-refractivity contribution is 0.0341. The number of hydrazine groups is 1. The van der Waals surface area contributed by atoms with Gasteiger partial charge in [-0.25, -0.2) is 10.9 Å². The standard InChI is InChI=1S/C18H22N2O/c1-18(2,3)15-11-9-14(10-12-15)17-20-19-16(21-17)13-7-5-4-6-8-13/h4-12,16-17,19-20H,1-3H3. The molecule has 21 heavy (non-hydrogen) atoms. The molecule has 1 heterocycles. The van der Waals surface area contributed by atoms with Crippen molar-refractivity contribution in [2.45, 2.75) is 38.6 Å². The lowest BCUT2D eigenvalue weighted by Crippen LogP contribution is -2.26. The van der Waals surface area contributed by atoms with Crippen molar-refractivity contribution in [3.05, 3.63) is 71.3 Å². The average molecular weight is 282 g/mol. The molecule has 1 aliphatic heterocycles. The Balaban J connectivity index is 1.72. The van der Waals surface area contributed by atoms with Gasteiger partial charge in [-0.15, -0.1) is 0 Å². The van der Waals surface area contributed by atoms with E-state index < -0.39 is 0 Å². The molecule has 1 aliphatic rings. The fraction of sp³-hybridized carbons (Fsp3) is 0.333. The van der Waals surface area contributed by atoms with Crippen LogP contribution in [0.3, 0.4) is 0 Å². The van der Waals surface area contributed by atoms with Crippen molar-refractivity contribution in [1.29, 1.82) is 0 Å². The summed E-state index contributed by atoms with van der Waals surface area (Å²) in [7, 11) is 0. The van der Waals surface area contributed by atoms with Gasteiger partial charge in [-0.1, -0.05) is 75.4 Å². The van der Waals surface area contributed by atoms with Crippen LogP contribution in [0.25, 0.3) is 0 Å². The predicted octanol–water partition coefficient (Wildman–Crippen LogP) is 3.81. The molecule has 2 aromatic carbocycles. The number of ether oxygens (including phenoxy) is 1. The first-order chi connectivity index (χ1) is 10.0. The SMILES string of the molecule is CC(C)(C)c1ccc(C2NNC(c3ccccc3)O2)cc1. The van der Waals surface area contributed by atoms with Gasteiger partial charge < -0.3 is 4.74 Å². The summed E-state index contributed by atoms with van der Waals surface area (Å²) in [5.74, 6) is 0. The van der Waals surface area contributed by atoms with Crippen LogP contribution < -0.4 is 10.9 Å². The van der Waals surface area contributed by atoms with Crippen LogP contribution in [0.5, 0.6) is 0 Å². The molecule has 1 saturated heterocycles. The highest BCUT2D eigenvalue weighted by Gasteiger charge is 2.26. The Labute approximate surface area is 126 Å². The van der Waals surface area contributed by atoms with E-state index in [2.05, 4.69) is 68.0 Å². The van der Waals surface area contributed by atoms with Gasteiger partial charge in [0.2, 0.25) is 0 Å². The molecule has 0 spiro atoms. The molecule has 2 N–H and O–H groups in total. The smallest absolute Gasteiger partial charge is 0.149 e. The van der Waals surface area contributed by atoms with Crippen LogP contribution in [-0.4, -0.2) is 0 Å². The minimum absolute atomic E-state index is 0.113. The van der Waals surface area contributed by atoms with E-state index in [-0.39, 0.29) is 17.9 Å². The zero-order valence-corrected chi connectivity index (χ0v) is 12.8. The van der Waals surface area contributed by atoms with E-state index in [0.29, 0.717) is 0 Å². The molecular formula is C18H22N2O. The normalized spacial score (nSPS) is 22.4. The molecule has 2 atom stereocenters. The Morgan fingerprint density at radius 1 is 0.762 bits per heavy atom. The zero-order chi connectivity index (χ0) is 14.9. The molecule has 110 valence electrons. The molecule has 0 saturated carbocycles. The molecule has 0 bridgehead atoms. The van der Waals surface area contributed by atoms with Gasteiger partial charge in [0.05, 0.1) is 0 Å². The summed E-state index contributed by atoms with van der Waals surface area (Å²) in [6, 6.07) is 18.8. The summed E-state index contributed by atoms with van der Waals surface area (Å²) in [5.41, 5.74) is 10.2. The average Bonchev–Trinajstić information content (AvgIpc) is 2.97. The van der Waals surface area contributed by atoms with Crippen LogP contribution in [0.4, 0.5) is 0 Å². The number of nitrogens with one attached hydrogen (secondary N) is 2. The fourth-order valence-corrected chi connectivity index (χ4v) is 2.47. The number of hydrogen-bond acceptors (Lipinski definition) is 3. The minimum atomic E-state index is -0.121.